The average molecular weight is 156 g/mol. The molecular weight excluding hydrogens is 140 g/mol. The van der Waals surface area contributed by atoms with Gasteiger partial charge in [0, 0.05) is 6.42 Å². The van der Waals surface area contributed by atoms with Crippen LogP contribution in [0.25, 0.3) is 0 Å². The van der Waals surface area contributed by atoms with Gasteiger partial charge in [-0.05, 0) is 26.3 Å². The Hall–Kier alpha value is -0.600. The van der Waals surface area contributed by atoms with E-state index in [1.165, 1.54) is 5.57 Å². The quantitative estimate of drug-likeness (QED) is 0.479. The third-order valence-corrected chi connectivity index (χ3v) is 1.39. The van der Waals surface area contributed by atoms with Crippen LogP contribution in [-0.2, 0) is 0 Å². The van der Waals surface area contributed by atoms with E-state index in [4.69, 9.17) is 10.2 Å². The highest BCUT2D eigenvalue weighted by molar-refractivity contribution is 4.95. The first-order valence-electron chi connectivity index (χ1n) is 3.69. The van der Waals surface area contributed by atoms with Crippen molar-refractivity contribution in [1.82, 2.24) is 0 Å². The lowest BCUT2D eigenvalue weighted by molar-refractivity contribution is -0.121. The fourth-order valence-corrected chi connectivity index (χ4v) is 0.675. The van der Waals surface area contributed by atoms with Crippen LogP contribution in [0.2, 0.25) is 0 Å². The van der Waals surface area contributed by atoms with E-state index in [0.29, 0.717) is 12.8 Å². The first-order chi connectivity index (χ1) is 4.98. The minimum absolute atomic E-state index is 0.307. The summed E-state index contributed by atoms with van der Waals surface area (Å²) in [6, 6.07) is 0. The lowest BCUT2D eigenvalue weighted by Crippen LogP contribution is -2.23. The maximum absolute atomic E-state index is 9.04. The van der Waals surface area contributed by atoms with Crippen molar-refractivity contribution in [2.24, 2.45) is 0 Å². The molecule has 0 rings (SSSR count). The van der Waals surface area contributed by atoms with E-state index >= 15 is 0 Å². The van der Waals surface area contributed by atoms with Crippen molar-refractivity contribution in [3.05, 3.63) is 24.3 Å². The van der Waals surface area contributed by atoms with E-state index in [1.807, 2.05) is 19.9 Å². The Morgan fingerprint density at radius 1 is 1.45 bits per heavy atom. The Kier molecular flexibility index (Phi) is 4.08. The Morgan fingerprint density at radius 2 is 2.00 bits per heavy atom. The van der Waals surface area contributed by atoms with Gasteiger partial charge in [-0.15, -0.1) is 0 Å². The molecule has 0 amide bonds. The molecule has 2 N–H and O–H groups in total. The van der Waals surface area contributed by atoms with Gasteiger partial charge < -0.3 is 10.2 Å². The molecule has 64 valence electrons. The van der Waals surface area contributed by atoms with Gasteiger partial charge in [0.25, 0.3) is 0 Å². The minimum atomic E-state index is -1.70. The zero-order valence-electron chi connectivity index (χ0n) is 7.17. The topological polar surface area (TPSA) is 40.5 Å². The van der Waals surface area contributed by atoms with E-state index in [9.17, 15) is 0 Å². The van der Waals surface area contributed by atoms with Crippen LogP contribution in [-0.4, -0.2) is 16.0 Å². The summed E-state index contributed by atoms with van der Waals surface area (Å²) in [6.45, 7) is 7.26. The van der Waals surface area contributed by atoms with Crippen LogP contribution in [0.4, 0.5) is 0 Å². The molecule has 0 aliphatic rings. The van der Waals surface area contributed by atoms with Crippen molar-refractivity contribution in [2.45, 2.75) is 32.5 Å². The van der Waals surface area contributed by atoms with E-state index < -0.39 is 5.79 Å². The van der Waals surface area contributed by atoms with Crippen LogP contribution >= 0.6 is 0 Å². The molecule has 0 fully saturated rings. The summed E-state index contributed by atoms with van der Waals surface area (Å²) in [5.74, 6) is -1.70. The van der Waals surface area contributed by atoms with Crippen molar-refractivity contribution in [3.63, 3.8) is 0 Å². The molecule has 0 unspecified atom stereocenters. The molecule has 11 heavy (non-hydrogen) atoms. The number of allylic oxidation sites excluding steroid dienone is 2. The van der Waals surface area contributed by atoms with E-state index in [2.05, 4.69) is 6.58 Å². The van der Waals surface area contributed by atoms with E-state index in [-0.39, 0.29) is 0 Å². The Bertz CT molecular complexity index is 153. The SMILES string of the molecule is C=CC(O)(O)CCC=C(C)C. The van der Waals surface area contributed by atoms with Crippen LogP contribution in [0.15, 0.2) is 24.3 Å². The summed E-state index contributed by atoms with van der Waals surface area (Å²) in [6.07, 6.45) is 4.08. The number of aliphatic hydroxyl groups is 2. The van der Waals surface area contributed by atoms with Gasteiger partial charge in [-0.1, -0.05) is 18.2 Å². The van der Waals surface area contributed by atoms with Crippen molar-refractivity contribution in [3.8, 4) is 0 Å². The van der Waals surface area contributed by atoms with Gasteiger partial charge in [-0.2, -0.15) is 0 Å². The van der Waals surface area contributed by atoms with Crippen LogP contribution in [0, 0.1) is 0 Å². The molecular formula is C9H16O2. The Balaban J connectivity index is 3.71. The van der Waals surface area contributed by atoms with E-state index in [1.54, 1.807) is 0 Å². The number of hydrogen-bond donors (Lipinski definition) is 2. The smallest absolute Gasteiger partial charge is 0.182 e. The molecule has 0 radical (unpaired) electrons. The molecule has 0 saturated heterocycles. The van der Waals surface area contributed by atoms with Gasteiger partial charge in [0.1, 0.15) is 0 Å². The molecule has 0 aliphatic carbocycles. The first-order valence-corrected chi connectivity index (χ1v) is 3.69. The normalized spacial score (nSPS) is 10.9. The van der Waals surface area contributed by atoms with Crippen LogP contribution in [0.3, 0.4) is 0 Å². The second-order valence-electron chi connectivity index (χ2n) is 2.90. The highest BCUT2D eigenvalue weighted by Gasteiger charge is 2.15. The summed E-state index contributed by atoms with van der Waals surface area (Å²) in [5, 5.41) is 18.1. The van der Waals surface area contributed by atoms with Crippen LogP contribution in [0.5, 0.6) is 0 Å². The highest BCUT2D eigenvalue weighted by Crippen LogP contribution is 2.10. The molecule has 0 saturated carbocycles. The monoisotopic (exact) mass is 156 g/mol. The fourth-order valence-electron chi connectivity index (χ4n) is 0.675. The van der Waals surface area contributed by atoms with Crippen molar-refractivity contribution >= 4 is 0 Å². The lowest BCUT2D eigenvalue weighted by Gasteiger charge is -2.14. The molecule has 0 bridgehead atoms. The zero-order chi connectivity index (χ0) is 8.91. The molecule has 0 spiro atoms. The fraction of sp³-hybridized carbons (Fsp3) is 0.556. The van der Waals surface area contributed by atoms with Gasteiger partial charge in [0.05, 0.1) is 0 Å². The third kappa shape index (κ3) is 5.83. The summed E-state index contributed by atoms with van der Waals surface area (Å²) in [4.78, 5) is 0. The molecule has 0 aromatic rings. The van der Waals surface area contributed by atoms with Crippen molar-refractivity contribution in [2.75, 3.05) is 0 Å². The molecule has 0 aromatic heterocycles. The van der Waals surface area contributed by atoms with E-state index in [0.717, 1.165) is 6.08 Å². The molecule has 2 heteroatoms. The summed E-state index contributed by atoms with van der Waals surface area (Å²) >= 11 is 0. The lowest BCUT2D eigenvalue weighted by atomic mass is 10.1. The second-order valence-corrected chi connectivity index (χ2v) is 2.90. The molecule has 0 heterocycles. The summed E-state index contributed by atoms with van der Waals surface area (Å²) < 4.78 is 0. The summed E-state index contributed by atoms with van der Waals surface area (Å²) in [5.41, 5.74) is 1.19. The summed E-state index contributed by atoms with van der Waals surface area (Å²) in [7, 11) is 0. The van der Waals surface area contributed by atoms with Gasteiger partial charge in [0.15, 0.2) is 5.79 Å². The molecule has 0 aromatic carbocycles. The highest BCUT2D eigenvalue weighted by atomic mass is 16.5. The number of rotatable bonds is 4. The predicted molar refractivity (Wildman–Crippen MR) is 46.0 cm³/mol. The van der Waals surface area contributed by atoms with Crippen LogP contribution < -0.4 is 0 Å². The van der Waals surface area contributed by atoms with Gasteiger partial charge in [-0.25, -0.2) is 0 Å². The van der Waals surface area contributed by atoms with Gasteiger partial charge in [0.2, 0.25) is 0 Å². The van der Waals surface area contributed by atoms with Gasteiger partial charge >= 0.3 is 0 Å². The predicted octanol–water partition coefficient (Wildman–Crippen LogP) is 1.60. The Morgan fingerprint density at radius 3 is 2.36 bits per heavy atom. The maximum atomic E-state index is 9.04. The number of hydrogen-bond acceptors (Lipinski definition) is 2. The van der Waals surface area contributed by atoms with Gasteiger partial charge in [-0.3, -0.25) is 0 Å². The molecule has 2 nitrogen and oxygen atoms in total. The second kappa shape index (κ2) is 4.31. The van der Waals surface area contributed by atoms with Crippen molar-refractivity contribution < 1.29 is 10.2 Å². The average Bonchev–Trinajstić information content (AvgIpc) is 1.87. The first kappa shape index (κ1) is 10.4. The maximum Gasteiger partial charge on any atom is 0.182 e. The minimum Gasteiger partial charge on any atom is -0.362 e. The van der Waals surface area contributed by atoms with Crippen LogP contribution in [0.1, 0.15) is 26.7 Å². The van der Waals surface area contributed by atoms with Crippen molar-refractivity contribution in [1.29, 1.82) is 0 Å². The molecule has 0 aliphatic heterocycles. The Labute approximate surface area is 67.9 Å². The largest absolute Gasteiger partial charge is 0.362 e. The standard InChI is InChI=1S/C9H16O2/c1-4-9(10,11)7-5-6-8(2)3/h4,6,10-11H,1,5,7H2,2-3H3. The zero-order valence-corrected chi connectivity index (χ0v) is 7.17. The molecule has 0 atom stereocenters. The third-order valence-electron chi connectivity index (χ3n) is 1.39.